The van der Waals surface area contributed by atoms with E-state index in [4.69, 9.17) is 0 Å². The molecule has 1 saturated heterocycles. The van der Waals surface area contributed by atoms with Crippen molar-refractivity contribution in [3.63, 3.8) is 0 Å². The first-order valence-corrected chi connectivity index (χ1v) is 8.61. The molecule has 2 rings (SSSR count). The molecule has 0 saturated carbocycles. The van der Waals surface area contributed by atoms with Crippen LogP contribution in [0.1, 0.15) is 32.8 Å². The number of carbonyl (C=O) groups is 2. The Morgan fingerprint density at radius 1 is 1.40 bits per heavy atom. The third-order valence-corrected chi connectivity index (χ3v) is 4.46. The summed E-state index contributed by atoms with van der Waals surface area (Å²) >= 11 is 0. The summed E-state index contributed by atoms with van der Waals surface area (Å²) in [4.78, 5) is 28.2. The normalized spacial score (nSPS) is 18.1. The van der Waals surface area contributed by atoms with E-state index < -0.39 is 0 Å². The number of hydrogen-bond donors (Lipinski definition) is 1. The highest BCUT2D eigenvalue weighted by Crippen LogP contribution is 2.26. The Hall–Kier alpha value is -1.95. The number of nitrogens with zero attached hydrogens (tertiary/aromatic N) is 2. The maximum Gasteiger partial charge on any atom is 0.238 e. The van der Waals surface area contributed by atoms with Crippen LogP contribution in [0, 0.1) is 18.7 Å². The van der Waals surface area contributed by atoms with Crippen LogP contribution in [0.3, 0.4) is 0 Å². The van der Waals surface area contributed by atoms with Gasteiger partial charge in [0.2, 0.25) is 11.8 Å². The lowest BCUT2D eigenvalue weighted by atomic mass is 10.1. The highest BCUT2D eigenvalue weighted by Gasteiger charge is 2.36. The van der Waals surface area contributed by atoms with Crippen LogP contribution in [0.4, 0.5) is 10.1 Å². The fourth-order valence-electron chi connectivity index (χ4n) is 3.26. The SMILES string of the molecule is Cc1cc(F)ccc1NC(=O)CN(C)CC1CC(=O)N(C(C)(C)C)C1. The molecule has 1 aromatic carbocycles. The van der Waals surface area contributed by atoms with E-state index in [1.54, 1.807) is 13.0 Å². The highest BCUT2D eigenvalue weighted by molar-refractivity contribution is 5.92. The number of nitrogens with one attached hydrogen (secondary N) is 1. The van der Waals surface area contributed by atoms with Crippen molar-refractivity contribution in [2.45, 2.75) is 39.7 Å². The molecule has 25 heavy (non-hydrogen) atoms. The third-order valence-electron chi connectivity index (χ3n) is 4.46. The average molecular weight is 349 g/mol. The number of halogens is 1. The lowest BCUT2D eigenvalue weighted by molar-refractivity contribution is -0.131. The molecule has 1 fully saturated rings. The van der Waals surface area contributed by atoms with E-state index in [9.17, 15) is 14.0 Å². The molecule has 0 radical (unpaired) electrons. The molecule has 1 aromatic rings. The summed E-state index contributed by atoms with van der Waals surface area (Å²) in [5.41, 5.74) is 1.15. The second-order valence-electron chi connectivity index (χ2n) is 7.95. The lowest BCUT2D eigenvalue weighted by Gasteiger charge is -2.32. The van der Waals surface area contributed by atoms with Crippen molar-refractivity contribution in [3.05, 3.63) is 29.6 Å². The molecule has 138 valence electrons. The van der Waals surface area contributed by atoms with Gasteiger partial charge in [-0.15, -0.1) is 0 Å². The molecular formula is C19H28FN3O2. The van der Waals surface area contributed by atoms with Crippen LogP contribution >= 0.6 is 0 Å². The van der Waals surface area contributed by atoms with E-state index in [0.29, 0.717) is 24.2 Å². The number of likely N-dealkylation sites (N-methyl/N-ethyl adjacent to an activating group) is 1. The average Bonchev–Trinajstić information content (AvgIpc) is 2.82. The first kappa shape index (κ1) is 19.4. The van der Waals surface area contributed by atoms with Gasteiger partial charge in [-0.2, -0.15) is 0 Å². The summed E-state index contributed by atoms with van der Waals surface area (Å²) < 4.78 is 13.1. The summed E-state index contributed by atoms with van der Waals surface area (Å²) in [6.07, 6.45) is 0.528. The lowest BCUT2D eigenvalue weighted by Crippen LogP contribution is -2.43. The summed E-state index contributed by atoms with van der Waals surface area (Å²) in [5.74, 6) is -0.0505. The van der Waals surface area contributed by atoms with E-state index in [2.05, 4.69) is 5.32 Å². The summed E-state index contributed by atoms with van der Waals surface area (Å²) in [6.45, 7) is 9.52. The van der Waals surface area contributed by atoms with Crippen molar-refractivity contribution in [1.29, 1.82) is 0 Å². The Morgan fingerprint density at radius 3 is 2.64 bits per heavy atom. The number of rotatable bonds is 5. The molecule has 5 nitrogen and oxygen atoms in total. The van der Waals surface area contributed by atoms with Crippen molar-refractivity contribution in [1.82, 2.24) is 9.80 Å². The Labute approximate surface area is 149 Å². The topological polar surface area (TPSA) is 52.7 Å². The molecular weight excluding hydrogens is 321 g/mol. The van der Waals surface area contributed by atoms with Crippen LogP contribution < -0.4 is 5.32 Å². The molecule has 6 heteroatoms. The predicted molar refractivity (Wildman–Crippen MR) is 96.8 cm³/mol. The number of likely N-dealkylation sites (tertiary alicyclic amines) is 1. The van der Waals surface area contributed by atoms with Gasteiger partial charge in [0.15, 0.2) is 0 Å². The van der Waals surface area contributed by atoms with E-state index in [1.165, 1.54) is 12.1 Å². The molecule has 2 amide bonds. The van der Waals surface area contributed by atoms with Crippen LogP contribution in [0.25, 0.3) is 0 Å². The number of aryl methyl sites for hydroxylation is 1. The fraction of sp³-hybridized carbons (Fsp3) is 0.579. The predicted octanol–water partition coefficient (Wildman–Crippen LogP) is 2.65. The minimum atomic E-state index is -0.318. The van der Waals surface area contributed by atoms with Crippen LogP contribution in [-0.2, 0) is 9.59 Å². The quantitative estimate of drug-likeness (QED) is 0.889. The largest absolute Gasteiger partial charge is 0.338 e. The second kappa shape index (κ2) is 7.52. The Balaban J connectivity index is 1.85. The second-order valence-corrected chi connectivity index (χ2v) is 7.95. The van der Waals surface area contributed by atoms with Crippen molar-refractivity contribution < 1.29 is 14.0 Å². The summed E-state index contributed by atoms with van der Waals surface area (Å²) in [5, 5.41) is 2.81. The van der Waals surface area contributed by atoms with Crippen molar-refractivity contribution in [2.24, 2.45) is 5.92 Å². The van der Waals surface area contributed by atoms with Gasteiger partial charge in [-0.25, -0.2) is 4.39 Å². The van der Waals surface area contributed by atoms with Crippen LogP contribution in [-0.4, -0.2) is 53.8 Å². The van der Waals surface area contributed by atoms with Gasteiger partial charge in [-0.1, -0.05) is 0 Å². The summed E-state index contributed by atoms with van der Waals surface area (Å²) in [7, 11) is 1.88. The van der Waals surface area contributed by atoms with Gasteiger partial charge in [0.1, 0.15) is 5.82 Å². The molecule has 0 aromatic heterocycles. The molecule has 1 aliphatic heterocycles. The molecule has 1 atom stereocenters. The molecule has 0 spiro atoms. The standard InChI is InChI=1S/C19H28FN3O2/c1-13-8-15(20)6-7-16(13)21-17(24)12-22(5)10-14-9-18(25)23(11-14)19(2,3)4/h6-8,14H,9-12H2,1-5H3,(H,21,24). The van der Waals surface area contributed by atoms with Crippen LogP contribution in [0.2, 0.25) is 0 Å². The van der Waals surface area contributed by atoms with Gasteiger partial charge in [0.25, 0.3) is 0 Å². The third kappa shape index (κ3) is 5.26. The van der Waals surface area contributed by atoms with Gasteiger partial charge < -0.3 is 10.2 Å². The van der Waals surface area contributed by atoms with Crippen molar-refractivity contribution in [3.8, 4) is 0 Å². The summed E-state index contributed by atoms with van der Waals surface area (Å²) in [6, 6.07) is 4.29. The molecule has 0 aliphatic carbocycles. The maximum atomic E-state index is 13.1. The Bertz CT molecular complexity index is 655. The van der Waals surface area contributed by atoms with Gasteiger partial charge >= 0.3 is 0 Å². The van der Waals surface area contributed by atoms with Gasteiger partial charge in [0, 0.05) is 30.7 Å². The molecule has 1 unspecified atom stereocenters. The molecule has 1 N–H and O–H groups in total. The zero-order valence-electron chi connectivity index (χ0n) is 15.7. The molecule has 0 bridgehead atoms. The number of anilines is 1. The molecule has 1 aliphatic rings. The molecule has 1 heterocycles. The van der Waals surface area contributed by atoms with Crippen LogP contribution in [0.15, 0.2) is 18.2 Å². The van der Waals surface area contributed by atoms with E-state index in [0.717, 1.165) is 6.54 Å². The van der Waals surface area contributed by atoms with Gasteiger partial charge in [0.05, 0.1) is 6.54 Å². The minimum Gasteiger partial charge on any atom is -0.338 e. The zero-order valence-corrected chi connectivity index (χ0v) is 15.7. The zero-order chi connectivity index (χ0) is 18.8. The van der Waals surface area contributed by atoms with Crippen molar-refractivity contribution in [2.75, 3.05) is 32.0 Å². The fourth-order valence-corrected chi connectivity index (χ4v) is 3.26. The van der Waals surface area contributed by atoms with Crippen LogP contribution in [0.5, 0.6) is 0 Å². The number of hydrogen-bond acceptors (Lipinski definition) is 3. The minimum absolute atomic E-state index is 0.144. The first-order chi connectivity index (χ1) is 11.6. The smallest absolute Gasteiger partial charge is 0.238 e. The number of benzene rings is 1. The van der Waals surface area contributed by atoms with E-state index in [-0.39, 0.29) is 35.6 Å². The highest BCUT2D eigenvalue weighted by atomic mass is 19.1. The Morgan fingerprint density at radius 2 is 2.08 bits per heavy atom. The van der Waals surface area contributed by atoms with E-state index in [1.807, 2.05) is 37.6 Å². The number of amides is 2. The number of carbonyl (C=O) groups excluding carboxylic acids is 2. The Kier molecular flexibility index (Phi) is 5.83. The van der Waals surface area contributed by atoms with Crippen molar-refractivity contribution >= 4 is 17.5 Å². The maximum absolute atomic E-state index is 13.1. The van der Waals surface area contributed by atoms with Gasteiger partial charge in [-0.3, -0.25) is 14.5 Å². The van der Waals surface area contributed by atoms with Gasteiger partial charge in [-0.05, 0) is 64.4 Å². The van der Waals surface area contributed by atoms with E-state index >= 15 is 0 Å². The first-order valence-electron chi connectivity index (χ1n) is 8.61. The monoisotopic (exact) mass is 349 g/mol.